The number of carbonyl (C=O) groups excluding carboxylic acids is 1. The summed E-state index contributed by atoms with van der Waals surface area (Å²) in [6.45, 7) is 1.28. The minimum atomic E-state index is -0.0535. The van der Waals surface area contributed by atoms with Crippen molar-refractivity contribution in [2.45, 2.75) is 25.3 Å². The summed E-state index contributed by atoms with van der Waals surface area (Å²) in [6, 6.07) is 13.5. The number of nitrogens with zero attached hydrogens (tertiary/aromatic N) is 1. The first-order chi connectivity index (χ1) is 13.7. The Morgan fingerprint density at radius 2 is 1.86 bits per heavy atom. The maximum absolute atomic E-state index is 12.8. The molecule has 1 aliphatic heterocycles. The van der Waals surface area contributed by atoms with Crippen molar-refractivity contribution < 1.29 is 19.0 Å². The van der Waals surface area contributed by atoms with Gasteiger partial charge in [-0.1, -0.05) is 18.2 Å². The van der Waals surface area contributed by atoms with Gasteiger partial charge in [0.1, 0.15) is 17.2 Å². The topological polar surface area (TPSA) is 60.0 Å². The Hall–Kier alpha value is -2.89. The van der Waals surface area contributed by atoms with E-state index < -0.39 is 0 Å². The van der Waals surface area contributed by atoms with Crippen LogP contribution in [0.2, 0.25) is 0 Å². The fourth-order valence-corrected chi connectivity index (χ4v) is 3.75. The van der Waals surface area contributed by atoms with E-state index >= 15 is 0 Å². The van der Waals surface area contributed by atoms with E-state index in [1.807, 2.05) is 47.4 Å². The van der Waals surface area contributed by atoms with E-state index in [-0.39, 0.29) is 12.1 Å². The van der Waals surface area contributed by atoms with Crippen LogP contribution in [0.4, 0.5) is 4.79 Å². The van der Waals surface area contributed by atoms with E-state index in [0.29, 0.717) is 6.54 Å². The van der Waals surface area contributed by atoms with Gasteiger partial charge in [-0.25, -0.2) is 4.79 Å². The van der Waals surface area contributed by atoms with Crippen molar-refractivity contribution in [1.29, 1.82) is 0 Å². The summed E-state index contributed by atoms with van der Waals surface area (Å²) in [7, 11) is 4.95. The molecule has 6 nitrogen and oxygen atoms in total. The zero-order chi connectivity index (χ0) is 19.9. The fourth-order valence-electron chi connectivity index (χ4n) is 3.75. The number of hydrogen-bond donors (Lipinski definition) is 1. The zero-order valence-corrected chi connectivity index (χ0v) is 16.7. The second-order valence-corrected chi connectivity index (χ2v) is 6.75. The highest BCUT2D eigenvalue weighted by atomic mass is 16.5. The maximum atomic E-state index is 12.8. The van der Waals surface area contributed by atoms with Crippen molar-refractivity contribution in [1.82, 2.24) is 10.2 Å². The number of urea groups is 1. The maximum Gasteiger partial charge on any atom is 0.317 e. The van der Waals surface area contributed by atoms with Gasteiger partial charge < -0.3 is 24.4 Å². The summed E-state index contributed by atoms with van der Waals surface area (Å²) in [5.41, 5.74) is 2.07. The molecule has 0 spiro atoms. The van der Waals surface area contributed by atoms with Gasteiger partial charge in [0.15, 0.2) is 0 Å². The van der Waals surface area contributed by atoms with Crippen LogP contribution in [-0.2, 0) is 6.42 Å². The highest BCUT2D eigenvalue weighted by Crippen LogP contribution is 2.38. The number of methoxy groups -OCH3 is 3. The number of para-hydroxylation sites is 1. The molecule has 1 atom stereocenters. The van der Waals surface area contributed by atoms with E-state index in [1.54, 1.807) is 21.3 Å². The molecule has 0 bridgehead atoms. The van der Waals surface area contributed by atoms with Crippen LogP contribution in [0.5, 0.6) is 17.2 Å². The number of rotatable bonds is 7. The molecule has 1 aliphatic rings. The van der Waals surface area contributed by atoms with Crippen molar-refractivity contribution >= 4 is 6.03 Å². The van der Waals surface area contributed by atoms with Gasteiger partial charge in [-0.2, -0.15) is 0 Å². The van der Waals surface area contributed by atoms with Crippen molar-refractivity contribution in [3.63, 3.8) is 0 Å². The Morgan fingerprint density at radius 3 is 2.61 bits per heavy atom. The molecule has 1 saturated heterocycles. The van der Waals surface area contributed by atoms with Crippen molar-refractivity contribution in [3.05, 3.63) is 53.6 Å². The number of likely N-dealkylation sites (tertiary alicyclic amines) is 1. The molecule has 3 rings (SSSR count). The van der Waals surface area contributed by atoms with E-state index in [1.165, 1.54) is 0 Å². The van der Waals surface area contributed by atoms with E-state index in [0.717, 1.165) is 54.2 Å². The Kier molecular flexibility index (Phi) is 6.63. The second kappa shape index (κ2) is 9.35. The largest absolute Gasteiger partial charge is 0.497 e. The molecule has 1 fully saturated rings. The standard InChI is InChI=1S/C22H28N2O4/c1-26-17-10-11-21(28-3)18(15-17)19-8-6-14-24(19)22(25)23-13-12-16-7-4-5-9-20(16)27-2/h4-5,7,9-11,15,19H,6,8,12-14H2,1-3H3,(H,23,25). The molecule has 2 amide bonds. The third-order valence-electron chi connectivity index (χ3n) is 5.17. The van der Waals surface area contributed by atoms with Gasteiger partial charge in [0.2, 0.25) is 0 Å². The quantitative estimate of drug-likeness (QED) is 0.789. The normalized spacial score (nSPS) is 16.0. The summed E-state index contributed by atoms with van der Waals surface area (Å²) in [5, 5.41) is 3.05. The predicted molar refractivity (Wildman–Crippen MR) is 108 cm³/mol. The van der Waals surface area contributed by atoms with Crippen LogP contribution in [0.25, 0.3) is 0 Å². The SMILES string of the molecule is COc1ccc(OC)c(C2CCCN2C(=O)NCCc2ccccc2OC)c1. The van der Waals surface area contributed by atoms with Crippen LogP contribution >= 0.6 is 0 Å². The molecule has 0 saturated carbocycles. The van der Waals surface area contributed by atoms with Gasteiger partial charge in [0.25, 0.3) is 0 Å². The molecule has 2 aromatic carbocycles. The van der Waals surface area contributed by atoms with Gasteiger partial charge in [-0.3, -0.25) is 0 Å². The molecule has 150 valence electrons. The Balaban J connectivity index is 1.66. The number of ether oxygens (including phenoxy) is 3. The predicted octanol–water partition coefficient (Wildman–Crippen LogP) is 3.80. The lowest BCUT2D eigenvalue weighted by Gasteiger charge is -2.27. The Morgan fingerprint density at radius 1 is 1.07 bits per heavy atom. The Labute approximate surface area is 166 Å². The van der Waals surface area contributed by atoms with Crippen LogP contribution in [-0.4, -0.2) is 45.3 Å². The lowest BCUT2D eigenvalue weighted by atomic mass is 10.0. The van der Waals surface area contributed by atoms with Crippen LogP contribution in [0.1, 0.15) is 30.0 Å². The van der Waals surface area contributed by atoms with Gasteiger partial charge in [0, 0.05) is 18.7 Å². The first-order valence-corrected chi connectivity index (χ1v) is 9.56. The van der Waals surface area contributed by atoms with Gasteiger partial charge in [-0.05, 0) is 49.1 Å². The minimum absolute atomic E-state index is 0.0173. The highest BCUT2D eigenvalue weighted by Gasteiger charge is 2.32. The number of carbonyl (C=O) groups is 1. The molecule has 2 aromatic rings. The number of nitrogens with one attached hydrogen (secondary N) is 1. The summed E-state index contributed by atoms with van der Waals surface area (Å²) in [4.78, 5) is 14.7. The molecule has 1 unspecified atom stereocenters. The number of benzene rings is 2. The minimum Gasteiger partial charge on any atom is -0.497 e. The highest BCUT2D eigenvalue weighted by molar-refractivity contribution is 5.75. The zero-order valence-electron chi connectivity index (χ0n) is 16.7. The molecule has 0 aromatic heterocycles. The Bertz CT molecular complexity index is 809. The lowest BCUT2D eigenvalue weighted by molar-refractivity contribution is 0.192. The van der Waals surface area contributed by atoms with E-state index in [9.17, 15) is 4.79 Å². The summed E-state index contributed by atoms with van der Waals surface area (Å²) >= 11 is 0. The summed E-state index contributed by atoms with van der Waals surface area (Å²) < 4.78 is 16.3. The molecule has 28 heavy (non-hydrogen) atoms. The van der Waals surface area contributed by atoms with Crippen LogP contribution < -0.4 is 19.5 Å². The monoisotopic (exact) mass is 384 g/mol. The molecular weight excluding hydrogens is 356 g/mol. The molecule has 1 N–H and O–H groups in total. The summed E-state index contributed by atoms with van der Waals surface area (Å²) in [6.07, 6.45) is 2.59. The smallest absolute Gasteiger partial charge is 0.317 e. The fraction of sp³-hybridized carbons (Fsp3) is 0.409. The van der Waals surface area contributed by atoms with Crippen molar-refractivity contribution in [2.24, 2.45) is 0 Å². The van der Waals surface area contributed by atoms with Crippen molar-refractivity contribution in [3.8, 4) is 17.2 Å². The van der Waals surface area contributed by atoms with Crippen molar-refractivity contribution in [2.75, 3.05) is 34.4 Å². The molecule has 6 heteroatoms. The molecular formula is C22H28N2O4. The van der Waals surface area contributed by atoms with Gasteiger partial charge in [-0.15, -0.1) is 0 Å². The summed E-state index contributed by atoms with van der Waals surface area (Å²) in [5.74, 6) is 2.38. The molecule has 0 radical (unpaired) electrons. The van der Waals surface area contributed by atoms with Crippen LogP contribution in [0.3, 0.4) is 0 Å². The molecule has 1 heterocycles. The molecule has 0 aliphatic carbocycles. The lowest BCUT2D eigenvalue weighted by Crippen LogP contribution is -2.40. The first kappa shape index (κ1) is 19.9. The van der Waals surface area contributed by atoms with Gasteiger partial charge >= 0.3 is 6.03 Å². The first-order valence-electron chi connectivity index (χ1n) is 9.56. The second-order valence-electron chi connectivity index (χ2n) is 6.75. The van der Waals surface area contributed by atoms with E-state index in [4.69, 9.17) is 14.2 Å². The van der Waals surface area contributed by atoms with E-state index in [2.05, 4.69) is 5.32 Å². The third-order valence-corrected chi connectivity index (χ3v) is 5.17. The van der Waals surface area contributed by atoms with Crippen LogP contribution in [0, 0.1) is 0 Å². The number of amides is 2. The average Bonchev–Trinajstić information content (AvgIpc) is 3.23. The van der Waals surface area contributed by atoms with Crippen LogP contribution in [0.15, 0.2) is 42.5 Å². The van der Waals surface area contributed by atoms with Gasteiger partial charge in [0.05, 0.1) is 27.4 Å². The number of hydrogen-bond acceptors (Lipinski definition) is 4. The third kappa shape index (κ3) is 4.32. The average molecular weight is 384 g/mol.